The molecule has 0 aliphatic heterocycles. The molecule has 0 heterocycles. The summed E-state index contributed by atoms with van der Waals surface area (Å²) in [5, 5.41) is 0. The molecule has 2 aromatic carbocycles. The number of hydrogen-bond acceptors (Lipinski definition) is 0. The van der Waals surface area contributed by atoms with Crippen molar-refractivity contribution >= 4 is 37.4 Å². The molecule has 22 heavy (non-hydrogen) atoms. The van der Waals surface area contributed by atoms with Gasteiger partial charge in [-0.05, 0) is 76.8 Å². The van der Waals surface area contributed by atoms with E-state index in [2.05, 4.69) is 80.4 Å². The molecule has 2 aromatic rings. The van der Waals surface area contributed by atoms with Crippen LogP contribution in [0.2, 0.25) is 0 Å². The van der Waals surface area contributed by atoms with Gasteiger partial charge in [0.25, 0.3) is 0 Å². The van der Waals surface area contributed by atoms with Gasteiger partial charge in [-0.2, -0.15) is 0 Å². The van der Waals surface area contributed by atoms with E-state index in [1.807, 2.05) is 0 Å². The zero-order valence-electron chi connectivity index (χ0n) is 11.9. The molecule has 3 aliphatic rings. The topological polar surface area (TPSA) is 0 Å². The Kier molecular flexibility index (Phi) is 2.84. The average molecular weight is 414 g/mol. The Labute approximate surface area is 147 Å². The SMILES string of the molecule is Brc1ccc2c(c1)C(=C1CC3C=CC1C3)c1cc(Br)ccc1-2. The fourth-order valence-electron chi connectivity index (χ4n) is 4.31. The highest BCUT2D eigenvalue weighted by molar-refractivity contribution is 9.10. The van der Waals surface area contributed by atoms with Crippen molar-refractivity contribution in [2.75, 3.05) is 0 Å². The lowest BCUT2D eigenvalue weighted by molar-refractivity contribution is 0.693. The van der Waals surface area contributed by atoms with Gasteiger partial charge in [0.15, 0.2) is 0 Å². The summed E-state index contributed by atoms with van der Waals surface area (Å²) >= 11 is 7.31. The summed E-state index contributed by atoms with van der Waals surface area (Å²) in [7, 11) is 0. The summed E-state index contributed by atoms with van der Waals surface area (Å²) in [6, 6.07) is 13.4. The lowest BCUT2D eigenvalue weighted by Gasteiger charge is -2.15. The molecule has 0 aromatic heterocycles. The highest BCUT2D eigenvalue weighted by Crippen LogP contribution is 2.53. The molecule has 0 nitrogen and oxygen atoms in total. The maximum atomic E-state index is 3.66. The quantitative estimate of drug-likeness (QED) is 0.364. The van der Waals surface area contributed by atoms with Gasteiger partial charge in [0, 0.05) is 8.95 Å². The van der Waals surface area contributed by atoms with Crippen LogP contribution in [0, 0.1) is 11.8 Å². The van der Waals surface area contributed by atoms with Gasteiger partial charge < -0.3 is 0 Å². The molecular weight excluding hydrogens is 400 g/mol. The summed E-state index contributed by atoms with van der Waals surface area (Å²) in [5.41, 5.74) is 8.69. The monoisotopic (exact) mass is 412 g/mol. The molecule has 2 bridgehead atoms. The van der Waals surface area contributed by atoms with E-state index in [1.54, 1.807) is 5.57 Å². The molecule has 2 atom stereocenters. The molecule has 0 radical (unpaired) electrons. The first-order valence-corrected chi connectivity index (χ1v) is 9.31. The number of halogens is 2. The highest BCUT2D eigenvalue weighted by atomic mass is 79.9. The van der Waals surface area contributed by atoms with Crippen molar-refractivity contribution in [3.63, 3.8) is 0 Å². The van der Waals surface area contributed by atoms with Crippen molar-refractivity contribution in [3.8, 4) is 11.1 Å². The molecule has 2 heteroatoms. The summed E-state index contributed by atoms with van der Waals surface area (Å²) in [5.74, 6) is 1.41. The molecule has 0 spiro atoms. The first-order valence-electron chi connectivity index (χ1n) is 7.72. The van der Waals surface area contributed by atoms with Crippen LogP contribution >= 0.6 is 31.9 Å². The first-order chi connectivity index (χ1) is 10.7. The van der Waals surface area contributed by atoms with Crippen molar-refractivity contribution in [3.05, 3.63) is 74.2 Å². The van der Waals surface area contributed by atoms with Crippen LogP contribution in [0.15, 0.2) is 63.1 Å². The fraction of sp³-hybridized carbons (Fsp3) is 0.200. The summed E-state index contributed by atoms with van der Waals surface area (Å²) in [6.45, 7) is 0. The Balaban J connectivity index is 1.85. The second-order valence-electron chi connectivity index (χ2n) is 6.47. The zero-order chi connectivity index (χ0) is 14.8. The largest absolute Gasteiger partial charge is 0.0845 e. The number of fused-ring (bicyclic) bond motifs is 5. The van der Waals surface area contributed by atoms with Crippen LogP contribution < -0.4 is 0 Å². The number of rotatable bonds is 0. The normalized spacial score (nSPS) is 24.1. The maximum Gasteiger partial charge on any atom is 0.0181 e. The van der Waals surface area contributed by atoms with Crippen molar-refractivity contribution in [2.24, 2.45) is 11.8 Å². The summed E-state index contributed by atoms with van der Waals surface area (Å²) < 4.78 is 2.32. The molecule has 2 unspecified atom stereocenters. The van der Waals surface area contributed by atoms with Gasteiger partial charge >= 0.3 is 0 Å². The third-order valence-electron chi connectivity index (χ3n) is 5.22. The van der Waals surface area contributed by atoms with Crippen LogP contribution in [0.1, 0.15) is 24.0 Å². The second-order valence-corrected chi connectivity index (χ2v) is 8.30. The van der Waals surface area contributed by atoms with Gasteiger partial charge in [0.05, 0.1) is 0 Å². The first kappa shape index (κ1) is 13.3. The van der Waals surface area contributed by atoms with E-state index in [1.165, 1.54) is 40.7 Å². The summed E-state index contributed by atoms with van der Waals surface area (Å²) in [6.07, 6.45) is 7.37. The molecule has 3 aliphatic carbocycles. The molecule has 5 rings (SSSR count). The fourth-order valence-corrected chi connectivity index (χ4v) is 5.04. The second kappa shape index (κ2) is 4.69. The Hall–Kier alpha value is -1.12. The van der Waals surface area contributed by atoms with Crippen LogP contribution in [0.3, 0.4) is 0 Å². The molecule has 1 saturated carbocycles. The van der Waals surface area contributed by atoms with Crippen LogP contribution in [0.5, 0.6) is 0 Å². The Bertz CT molecular complexity index is 820. The van der Waals surface area contributed by atoms with E-state index in [0.717, 1.165) is 14.9 Å². The smallest absolute Gasteiger partial charge is 0.0181 e. The Morgan fingerprint density at radius 3 is 1.91 bits per heavy atom. The average Bonchev–Trinajstić information content (AvgIpc) is 3.18. The molecular formula is C20H14Br2. The van der Waals surface area contributed by atoms with Crippen LogP contribution in [0.4, 0.5) is 0 Å². The van der Waals surface area contributed by atoms with Gasteiger partial charge in [-0.25, -0.2) is 0 Å². The van der Waals surface area contributed by atoms with E-state index in [4.69, 9.17) is 0 Å². The third-order valence-corrected chi connectivity index (χ3v) is 6.20. The lowest BCUT2D eigenvalue weighted by Crippen LogP contribution is -1.98. The van der Waals surface area contributed by atoms with Gasteiger partial charge in [-0.15, -0.1) is 0 Å². The predicted molar refractivity (Wildman–Crippen MR) is 98.7 cm³/mol. The maximum absolute atomic E-state index is 3.66. The minimum absolute atomic E-state index is 0.650. The van der Waals surface area contributed by atoms with Crippen LogP contribution in [0.25, 0.3) is 16.7 Å². The minimum atomic E-state index is 0.650. The van der Waals surface area contributed by atoms with Crippen LogP contribution in [-0.2, 0) is 0 Å². The number of benzene rings is 2. The van der Waals surface area contributed by atoms with E-state index < -0.39 is 0 Å². The predicted octanol–water partition coefficient (Wildman–Crippen LogP) is 6.59. The van der Waals surface area contributed by atoms with E-state index >= 15 is 0 Å². The Morgan fingerprint density at radius 2 is 1.41 bits per heavy atom. The number of hydrogen-bond donors (Lipinski definition) is 0. The van der Waals surface area contributed by atoms with Crippen molar-refractivity contribution in [1.82, 2.24) is 0 Å². The summed E-state index contributed by atoms with van der Waals surface area (Å²) in [4.78, 5) is 0. The zero-order valence-corrected chi connectivity index (χ0v) is 15.1. The molecule has 1 fully saturated rings. The van der Waals surface area contributed by atoms with Gasteiger partial charge in [-0.1, -0.05) is 61.7 Å². The van der Waals surface area contributed by atoms with Crippen molar-refractivity contribution < 1.29 is 0 Å². The van der Waals surface area contributed by atoms with Crippen LogP contribution in [-0.4, -0.2) is 0 Å². The Morgan fingerprint density at radius 1 is 0.773 bits per heavy atom. The molecule has 0 saturated heterocycles. The van der Waals surface area contributed by atoms with Crippen molar-refractivity contribution in [1.29, 1.82) is 0 Å². The lowest BCUT2D eigenvalue weighted by atomic mass is 9.90. The minimum Gasteiger partial charge on any atom is -0.0845 e. The van der Waals surface area contributed by atoms with Gasteiger partial charge in [0.2, 0.25) is 0 Å². The van der Waals surface area contributed by atoms with Crippen molar-refractivity contribution in [2.45, 2.75) is 12.8 Å². The third kappa shape index (κ3) is 1.80. The molecule has 108 valence electrons. The van der Waals surface area contributed by atoms with E-state index in [-0.39, 0.29) is 0 Å². The standard InChI is InChI=1S/C20H14Br2/c21-13-3-5-15-16-6-4-14(22)10-19(16)20(18(15)9-13)17-8-11-1-2-12(17)7-11/h1-6,9-12H,7-8H2. The number of allylic oxidation sites excluding steroid dienone is 3. The van der Waals surface area contributed by atoms with E-state index in [0.29, 0.717) is 5.92 Å². The molecule has 0 N–H and O–H groups in total. The highest BCUT2D eigenvalue weighted by Gasteiger charge is 2.36. The molecule has 0 amide bonds. The van der Waals surface area contributed by atoms with Gasteiger partial charge in [-0.3, -0.25) is 0 Å². The van der Waals surface area contributed by atoms with Gasteiger partial charge in [0.1, 0.15) is 0 Å². The van der Waals surface area contributed by atoms with E-state index in [9.17, 15) is 0 Å².